The van der Waals surface area contributed by atoms with E-state index in [1.165, 1.54) is 27.8 Å². The monoisotopic (exact) mass is 691 g/mol. The standard InChI is InChI=1S/C19H18ClN3O4S2.C16H20N2/c1-8-11(12(22-27-8)9-6-4-5-7-10(9)20)15(24)21-13-16(25)23-14(18(26)28)19(2,3)29-17(13)23;1-3-7-15(8-4-1)13-17-11-12-18-14-16-9-5-2-6-10-16/h4-7,13-14,17H,1-3H3,(H,21,24)(H,26,28);1-10,17-18H,11-14H2/t13-,14+,17-;/m1./s1. The largest absolute Gasteiger partial charge is 0.360 e. The van der Waals surface area contributed by atoms with Crippen LogP contribution in [0.15, 0.2) is 89.5 Å². The molecule has 47 heavy (non-hydrogen) atoms. The number of rotatable bonds is 11. The van der Waals surface area contributed by atoms with Gasteiger partial charge in [0.1, 0.15) is 34.5 Å². The molecule has 0 saturated carbocycles. The number of halogens is 1. The highest BCUT2D eigenvalue weighted by Gasteiger charge is 2.63. The van der Waals surface area contributed by atoms with Crippen LogP contribution in [0.4, 0.5) is 0 Å². The Balaban J connectivity index is 0.000000207. The lowest BCUT2D eigenvalue weighted by Crippen LogP contribution is -2.70. The molecule has 3 aromatic carbocycles. The minimum atomic E-state index is -0.738. The van der Waals surface area contributed by atoms with Crippen molar-refractivity contribution >= 4 is 52.9 Å². The number of benzene rings is 3. The summed E-state index contributed by atoms with van der Waals surface area (Å²) in [5.41, 5.74) is 3.78. The molecule has 0 bridgehead atoms. The minimum Gasteiger partial charge on any atom is -0.360 e. The van der Waals surface area contributed by atoms with Crippen LogP contribution in [-0.2, 0) is 22.7 Å². The first-order valence-electron chi connectivity index (χ1n) is 15.3. The topological polar surface area (TPSA) is 117 Å². The molecule has 4 aromatic rings. The van der Waals surface area contributed by atoms with Crippen LogP contribution in [-0.4, -0.2) is 62.3 Å². The highest BCUT2D eigenvalue weighted by Crippen LogP contribution is 2.51. The van der Waals surface area contributed by atoms with Gasteiger partial charge in [-0.3, -0.25) is 14.4 Å². The molecule has 3 atom stereocenters. The van der Waals surface area contributed by atoms with Crippen LogP contribution in [0.5, 0.6) is 0 Å². The number of carbonyl (C=O) groups excluding carboxylic acids is 3. The summed E-state index contributed by atoms with van der Waals surface area (Å²) >= 11 is 11.7. The number of aromatic nitrogens is 1. The second-order valence-corrected chi connectivity index (χ2v) is 14.4. The molecule has 2 fully saturated rings. The summed E-state index contributed by atoms with van der Waals surface area (Å²) in [7, 11) is 0. The average molecular weight is 692 g/mol. The molecule has 2 aliphatic rings. The van der Waals surface area contributed by atoms with E-state index in [-0.39, 0.29) is 22.0 Å². The lowest BCUT2D eigenvalue weighted by atomic mass is 9.96. The molecule has 0 spiro atoms. The second kappa shape index (κ2) is 15.5. The zero-order chi connectivity index (χ0) is 33.6. The number of nitrogens with one attached hydrogen (secondary N) is 3. The van der Waals surface area contributed by atoms with Gasteiger partial charge in [0, 0.05) is 36.5 Å². The third-order valence-corrected chi connectivity index (χ3v) is 10.1. The van der Waals surface area contributed by atoms with Crippen LogP contribution >= 0.6 is 36.0 Å². The summed E-state index contributed by atoms with van der Waals surface area (Å²) in [6.45, 7) is 9.26. The van der Waals surface area contributed by atoms with Crippen LogP contribution in [0.3, 0.4) is 0 Å². The van der Waals surface area contributed by atoms with Crippen molar-refractivity contribution in [2.45, 2.75) is 56.1 Å². The molecule has 2 amide bonds. The van der Waals surface area contributed by atoms with E-state index in [4.69, 9.17) is 16.1 Å². The predicted octanol–water partition coefficient (Wildman–Crippen LogP) is 5.49. The molecule has 0 unspecified atom stereocenters. The van der Waals surface area contributed by atoms with Crippen LogP contribution in [0.25, 0.3) is 11.3 Å². The predicted molar refractivity (Wildman–Crippen MR) is 189 cm³/mol. The third-order valence-electron chi connectivity index (χ3n) is 8.00. The van der Waals surface area contributed by atoms with Crippen molar-refractivity contribution in [1.29, 1.82) is 0 Å². The van der Waals surface area contributed by atoms with Gasteiger partial charge in [0.05, 0.1) is 5.02 Å². The van der Waals surface area contributed by atoms with E-state index in [0.717, 1.165) is 26.2 Å². The van der Waals surface area contributed by atoms with Crippen molar-refractivity contribution in [2.24, 2.45) is 0 Å². The fourth-order valence-electron chi connectivity index (χ4n) is 5.67. The Morgan fingerprint density at radius 1 is 0.936 bits per heavy atom. The number of hydrogen-bond donors (Lipinski definition) is 4. The summed E-state index contributed by atoms with van der Waals surface area (Å²) in [6, 6.07) is 26.6. The Morgan fingerprint density at radius 2 is 1.49 bits per heavy atom. The van der Waals surface area contributed by atoms with Gasteiger partial charge < -0.3 is 25.4 Å². The molecule has 3 N–H and O–H groups in total. The Morgan fingerprint density at radius 3 is 2.04 bits per heavy atom. The molecule has 12 heteroatoms. The summed E-state index contributed by atoms with van der Waals surface area (Å²) < 4.78 is 4.74. The third kappa shape index (κ3) is 8.10. The molecule has 0 radical (unpaired) electrons. The number of nitrogens with zero attached hydrogens (tertiary/aromatic N) is 2. The van der Waals surface area contributed by atoms with Gasteiger partial charge in [-0.2, -0.15) is 0 Å². The maximum atomic E-state index is 13.0. The van der Waals surface area contributed by atoms with Crippen molar-refractivity contribution in [3.8, 4) is 11.3 Å². The first-order valence-corrected chi connectivity index (χ1v) is 17.0. The summed E-state index contributed by atoms with van der Waals surface area (Å²) in [5, 5.41) is 13.4. The number of aryl methyl sites for hydroxylation is 1. The van der Waals surface area contributed by atoms with E-state index in [1.54, 1.807) is 31.2 Å². The normalized spacial score (nSPS) is 19.3. The molecule has 2 saturated heterocycles. The Hall–Kier alpha value is -3.61. The van der Waals surface area contributed by atoms with Gasteiger partial charge in [0.15, 0.2) is 0 Å². The van der Waals surface area contributed by atoms with Crippen molar-refractivity contribution < 1.29 is 18.9 Å². The van der Waals surface area contributed by atoms with E-state index in [1.807, 2.05) is 26.0 Å². The second-order valence-electron chi connectivity index (χ2n) is 11.8. The molecule has 6 rings (SSSR count). The summed E-state index contributed by atoms with van der Waals surface area (Å²) in [4.78, 5) is 39.2. The fourth-order valence-corrected chi connectivity index (χ4v) is 8.06. The molecule has 2 aliphatic heterocycles. The van der Waals surface area contributed by atoms with Crippen LogP contribution in [0, 0.1) is 6.92 Å². The van der Waals surface area contributed by atoms with Crippen molar-refractivity contribution in [1.82, 2.24) is 26.0 Å². The Labute approximate surface area is 289 Å². The number of thioether (sulfide) groups is 1. The minimum absolute atomic E-state index is 0.230. The van der Waals surface area contributed by atoms with Gasteiger partial charge in [-0.25, -0.2) is 0 Å². The lowest BCUT2D eigenvalue weighted by Gasteiger charge is -2.43. The average Bonchev–Trinajstić information content (AvgIpc) is 3.57. The number of fused-ring (bicyclic) bond motifs is 1. The molecule has 3 heterocycles. The zero-order valence-electron chi connectivity index (χ0n) is 26.4. The number of thiol groups is 1. The number of carbonyl (C=O) groups is 3. The molecular weight excluding hydrogens is 654 g/mol. The van der Waals surface area contributed by atoms with E-state index in [2.05, 4.69) is 82.3 Å². The van der Waals surface area contributed by atoms with Crippen molar-refractivity contribution in [2.75, 3.05) is 13.1 Å². The van der Waals surface area contributed by atoms with Gasteiger partial charge in [-0.1, -0.05) is 95.6 Å². The smallest absolute Gasteiger partial charge is 0.257 e. The van der Waals surface area contributed by atoms with E-state index < -0.39 is 22.7 Å². The van der Waals surface area contributed by atoms with Gasteiger partial charge in [-0.15, -0.1) is 24.4 Å². The molecular formula is C35H38ClN5O4S2. The Kier molecular flexibility index (Phi) is 11.5. The van der Waals surface area contributed by atoms with Gasteiger partial charge in [0.2, 0.25) is 11.0 Å². The van der Waals surface area contributed by atoms with Crippen LogP contribution in [0.2, 0.25) is 5.02 Å². The Bertz CT molecular complexity index is 1660. The molecule has 246 valence electrons. The number of β-lactam (4-membered cyclic amide) rings is 1. The van der Waals surface area contributed by atoms with Gasteiger partial charge in [0.25, 0.3) is 5.91 Å². The van der Waals surface area contributed by atoms with E-state index in [0.29, 0.717) is 22.0 Å². The lowest BCUT2D eigenvalue weighted by molar-refractivity contribution is -0.150. The summed E-state index contributed by atoms with van der Waals surface area (Å²) in [5.74, 6) is -0.457. The van der Waals surface area contributed by atoms with E-state index in [9.17, 15) is 14.4 Å². The van der Waals surface area contributed by atoms with E-state index >= 15 is 0 Å². The molecule has 9 nitrogen and oxygen atoms in total. The van der Waals surface area contributed by atoms with Crippen LogP contribution in [0.1, 0.15) is 41.1 Å². The SMILES string of the molecule is Cc1onc(-c2ccccc2Cl)c1C(=O)N[C@@H]1C(=O)N2[C@@H]1SC(C)(C)[C@@H]2C(=O)S.c1ccc(CNCCNCc2ccccc2)cc1. The highest BCUT2D eigenvalue weighted by molar-refractivity contribution is 8.02. The molecule has 1 aromatic heterocycles. The van der Waals surface area contributed by atoms with Gasteiger partial charge >= 0.3 is 0 Å². The number of amides is 2. The zero-order valence-corrected chi connectivity index (χ0v) is 28.9. The number of hydrogen-bond acceptors (Lipinski definition) is 8. The van der Waals surface area contributed by atoms with Crippen LogP contribution < -0.4 is 16.0 Å². The van der Waals surface area contributed by atoms with Crippen molar-refractivity contribution in [3.63, 3.8) is 0 Å². The molecule has 0 aliphatic carbocycles. The highest BCUT2D eigenvalue weighted by atomic mass is 35.5. The van der Waals surface area contributed by atoms with Crippen molar-refractivity contribution in [3.05, 3.63) is 112 Å². The maximum Gasteiger partial charge on any atom is 0.257 e. The fraction of sp³-hybridized carbons (Fsp3) is 0.314. The van der Waals surface area contributed by atoms with Gasteiger partial charge in [-0.05, 0) is 38.0 Å². The quantitative estimate of drug-likeness (QED) is 0.0928. The first-order chi connectivity index (χ1) is 22.6. The first kappa shape index (κ1) is 34.7. The maximum absolute atomic E-state index is 13.0. The summed E-state index contributed by atoms with van der Waals surface area (Å²) in [6.07, 6.45) is 0.